The minimum Gasteiger partial charge on any atom is -0.462 e. The van der Waals surface area contributed by atoms with Gasteiger partial charge in [-0.05, 0) is 77.0 Å². The van der Waals surface area contributed by atoms with Crippen molar-refractivity contribution in [2.24, 2.45) is 0 Å². The van der Waals surface area contributed by atoms with Gasteiger partial charge in [-0.2, -0.15) is 0 Å². The SMILES string of the molecule is CCCCCCC/C=C\C/C=C\CCCCCCCCCCCCCCCC(=O)OC(COC(=O)CCCCCCCCCC)COC(=O)CCCCCCCCCCCCCCCCCCCCC/C=C\CCCCCCCCCC. The molecule has 0 aromatic heterocycles. The number of ether oxygens (including phenoxy) is 3. The summed E-state index contributed by atoms with van der Waals surface area (Å²) >= 11 is 0. The average Bonchev–Trinajstić information content (AvgIpc) is 3.48. The van der Waals surface area contributed by atoms with E-state index in [2.05, 4.69) is 57.2 Å². The quantitative estimate of drug-likeness (QED) is 0.0261. The van der Waals surface area contributed by atoms with Gasteiger partial charge in [-0.15, -0.1) is 0 Å². The van der Waals surface area contributed by atoms with Crippen LogP contribution < -0.4 is 0 Å². The lowest BCUT2D eigenvalue weighted by atomic mass is 10.0. The molecule has 0 saturated carbocycles. The van der Waals surface area contributed by atoms with Crippen molar-refractivity contribution >= 4 is 17.9 Å². The monoisotopic (exact) mass is 1150 g/mol. The summed E-state index contributed by atoms with van der Waals surface area (Å²) in [6, 6.07) is 0. The number of hydrogen-bond acceptors (Lipinski definition) is 6. The number of hydrogen-bond donors (Lipinski definition) is 0. The zero-order valence-corrected chi connectivity index (χ0v) is 55.5. The van der Waals surface area contributed by atoms with Crippen molar-refractivity contribution in [1.29, 1.82) is 0 Å². The van der Waals surface area contributed by atoms with Gasteiger partial charge >= 0.3 is 17.9 Å². The Labute approximate surface area is 512 Å². The molecule has 6 nitrogen and oxygen atoms in total. The van der Waals surface area contributed by atoms with E-state index in [1.807, 2.05) is 0 Å². The van der Waals surface area contributed by atoms with E-state index in [0.717, 1.165) is 64.2 Å². The molecule has 6 heteroatoms. The van der Waals surface area contributed by atoms with E-state index in [-0.39, 0.29) is 31.1 Å². The third-order valence-corrected chi connectivity index (χ3v) is 16.9. The highest BCUT2D eigenvalue weighted by molar-refractivity contribution is 5.71. The summed E-state index contributed by atoms with van der Waals surface area (Å²) in [4.78, 5) is 38.3. The molecule has 0 spiro atoms. The van der Waals surface area contributed by atoms with Gasteiger partial charge in [0.15, 0.2) is 6.10 Å². The largest absolute Gasteiger partial charge is 0.462 e. The van der Waals surface area contributed by atoms with Gasteiger partial charge in [-0.1, -0.05) is 353 Å². The lowest BCUT2D eigenvalue weighted by Gasteiger charge is -2.18. The van der Waals surface area contributed by atoms with Crippen molar-refractivity contribution in [3.8, 4) is 0 Å². The summed E-state index contributed by atoms with van der Waals surface area (Å²) in [5, 5.41) is 0. The Hall–Kier alpha value is -2.37. The number of esters is 3. The maximum Gasteiger partial charge on any atom is 0.306 e. The molecule has 0 rings (SSSR count). The lowest BCUT2D eigenvalue weighted by molar-refractivity contribution is -0.167. The molecule has 82 heavy (non-hydrogen) atoms. The maximum atomic E-state index is 12.9. The molecule has 0 N–H and O–H groups in total. The Morgan fingerprint density at radius 2 is 0.439 bits per heavy atom. The maximum absolute atomic E-state index is 12.9. The summed E-state index contributed by atoms with van der Waals surface area (Å²) < 4.78 is 16.9. The Bertz CT molecular complexity index is 1370. The molecule has 0 aliphatic carbocycles. The van der Waals surface area contributed by atoms with E-state index in [1.165, 1.54) is 308 Å². The van der Waals surface area contributed by atoms with E-state index in [0.29, 0.717) is 19.3 Å². The van der Waals surface area contributed by atoms with Crippen LogP contribution >= 0.6 is 0 Å². The summed E-state index contributed by atoms with van der Waals surface area (Å²) in [6.45, 7) is 6.67. The normalized spacial score (nSPS) is 12.2. The molecule has 0 aromatic carbocycles. The topological polar surface area (TPSA) is 78.9 Å². The van der Waals surface area contributed by atoms with Crippen LogP contribution in [-0.2, 0) is 28.6 Å². The molecule has 1 atom stereocenters. The fraction of sp³-hybridized carbons (Fsp3) is 0.882. The van der Waals surface area contributed by atoms with Gasteiger partial charge < -0.3 is 14.2 Å². The Morgan fingerprint density at radius 3 is 0.683 bits per heavy atom. The van der Waals surface area contributed by atoms with E-state index >= 15 is 0 Å². The second-order valence-corrected chi connectivity index (χ2v) is 25.2. The Balaban J connectivity index is 4.03. The van der Waals surface area contributed by atoms with Gasteiger partial charge in [0.05, 0.1) is 0 Å². The van der Waals surface area contributed by atoms with Gasteiger partial charge in [-0.3, -0.25) is 14.4 Å². The van der Waals surface area contributed by atoms with Crippen LogP contribution in [0.5, 0.6) is 0 Å². The van der Waals surface area contributed by atoms with E-state index in [9.17, 15) is 14.4 Å². The standard InChI is InChI=1S/C76H142O6/c1-4-7-10-13-16-19-21-23-25-27-29-31-33-35-36-37-38-39-40-42-43-45-47-49-51-53-55-57-60-63-66-69-75(78)81-72-73(71-80-74(77)68-65-62-59-18-15-12-9-6-3)82-76(79)70-67-64-61-58-56-54-52-50-48-46-44-41-34-32-30-28-26-24-22-20-17-14-11-8-5-2/h22,24,27-30,73H,4-21,23,25-26,31-72H2,1-3H3/b24-22-,29-27-,30-28-. The molecule has 0 amide bonds. The predicted molar refractivity (Wildman–Crippen MR) is 358 cm³/mol. The van der Waals surface area contributed by atoms with E-state index in [1.54, 1.807) is 0 Å². The van der Waals surface area contributed by atoms with Crippen LogP contribution in [0.15, 0.2) is 36.5 Å². The highest BCUT2D eigenvalue weighted by atomic mass is 16.6. The van der Waals surface area contributed by atoms with Crippen molar-refractivity contribution in [1.82, 2.24) is 0 Å². The lowest BCUT2D eigenvalue weighted by Crippen LogP contribution is -2.30. The van der Waals surface area contributed by atoms with Crippen molar-refractivity contribution in [2.75, 3.05) is 13.2 Å². The second-order valence-electron chi connectivity index (χ2n) is 25.2. The first-order valence-corrected chi connectivity index (χ1v) is 37.0. The molecule has 0 aliphatic heterocycles. The van der Waals surface area contributed by atoms with Crippen molar-refractivity contribution in [3.05, 3.63) is 36.5 Å². The molecular formula is C76H142O6. The smallest absolute Gasteiger partial charge is 0.306 e. The van der Waals surface area contributed by atoms with Crippen molar-refractivity contribution in [2.45, 2.75) is 419 Å². The van der Waals surface area contributed by atoms with Crippen LogP contribution in [0.4, 0.5) is 0 Å². The molecule has 0 aromatic rings. The molecule has 0 radical (unpaired) electrons. The highest BCUT2D eigenvalue weighted by Gasteiger charge is 2.19. The number of carbonyl (C=O) groups excluding carboxylic acids is 3. The molecule has 0 fully saturated rings. The fourth-order valence-corrected chi connectivity index (χ4v) is 11.3. The van der Waals surface area contributed by atoms with Crippen LogP contribution in [0.1, 0.15) is 412 Å². The molecule has 1 unspecified atom stereocenters. The van der Waals surface area contributed by atoms with E-state index in [4.69, 9.17) is 14.2 Å². The van der Waals surface area contributed by atoms with Crippen LogP contribution in [0.25, 0.3) is 0 Å². The molecule has 482 valence electrons. The number of unbranched alkanes of at least 4 members (excludes halogenated alkanes) is 52. The summed E-state index contributed by atoms with van der Waals surface area (Å²) in [7, 11) is 0. The fourth-order valence-electron chi connectivity index (χ4n) is 11.3. The first-order valence-electron chi connectivity index (χ1n) is 37.0. The Morgan fingerprint density at radius 1 is 0.244 bits per heavy atom. The molecular weight excluding hydrogens is 1010 g/mol. The molecule has 0 saturated heterocycles. The first-order chi connectivity index (χ1) is 40.5. The van der Waals surface area contributed by atoms with Gasteiger partial charge in [0.2, 0.25) is 0 Å². The molecule has 0 heterocycles. The zero-order chi connectivity index (χ0) is 59.2. The Kier molecular flexibility index (Phi) is 69.1. The number of carbonyl (C=O) groups is 3. The third-order valence-electron chi connectivity index (χ3n) is 16.9. The van der Waals surface area contributed by atoms with Gasteiger partial charge in [0.1, 0.15) is 13.2 Å². The van der Waals surface area contributed by atoms with Gasteiger partial charge in [0, 0.05) is 19.3 Å². The van der Waals surface area contributed by atoms with Crippen LogP contribution in [0.3, 0.4) is 0 Å². The van der Waals surface area contributed by atoms with Crippen molar-refractivity contribution in [3.63, 3.8) is 0 Å². The number of rotatable bonds is 69. The minimum atomic E-state index is -0.769. The van der Waals surface area contributed by atoms with Crippen molar-refractivity contribution < 1.29 is 28.6 Å². The second kappa shape index (κ2) is 71.1. The molecule has 0 aliphatic rings. The first kappa shape index (κ1) is 79.6. The summed E-state index contributed by atoms with van der Waals surface area (Å²) in [5.41, 5.74) is 0. The van der Waals surface area contributed by atoms with Crippen LogP contribution in [0, 0.1) is 0 Å². The number of allylic oxidation sites excluding steroid dienone is 6. The van der Waals surface area contributed by atoms with E-state index < -0.39 is 6.10 Å². The zero-order valence-electron chi connectivity index (χ0n) is 55.5. The van der Waals surface area contributed by atoms with Gasteiger partial charge in [0.25, 0.3) is 0 Å². The minimum absolute atomic E-state index is 0.0666. The van der Waals surface area contributed by atoms with Crippen LogP contribution in [0.2, 0.25) is 0 Å². The average molecular weight is 1150 g/mol. The third kappa shape index (κ3) is 68.4. The van der Waals surface area contributed by atoms with Gasteiger partial charge in [-0.25, -0.2) is 0 Å². The van der Waals surface area contributed by atoms with Crippen LogP contribution in [-0.4, -0.2) is 37.2 Å². The molecule has 0 bridgehead atoms. The predicted octanol–water partition coefficient (Wildman–Crippen LogP) is 25.5. The summed E-state index contributed by atoms with van der Waals surface area (Å²) in [5.74, 6) is -0.844. The highest BCUT2D eigenvalue weighted by Crippen LogP contribution is 2.19. The summed E-state index contributed by atoms with van der Waals surface area (Å²) in [6.07, 6.45) is 89.3.